The number of aromatic nitrogens is 1. The third kappa shape index (κ3) is 7.42. The van der Waals surface area contributed by atoms with Crippen LogP contribution in [-0.2, 0) is 35.3 Å². The monoisotopic (exact) mass is 703 g/mol. The largest absolute Gasteiger partial charge is 0.532 e. The zero-order valence-electron chi connectivity index (χ0n) is 27.5. The van der Waals surface area contributed by atoms with Crippen LogP contribution >= 0.6 is 11.6 Å². The predicted octanol–water partition coefficient (Wildman–Crippen LogP) is 7.60. The number of pyridine rings is 1. The van der Waals surface area contributed by atoms with Crippen molar-refractivity contribution < 1.29 is 41.9 Å². The fourth-order valence-electron chi connectivity index (χ4n) is 8.52. The molecule has 4 atom stereocenters. The van der Waals surface area contributed by atoms with E-state index in [1.807, 2.05) is 24.4 Å². The van der Waals surface area contributed by atoms with Crippen molar-refractivity contribution in [3.63, 3.8) is 0 Å². The Labute approximate surface area is 294 Å². The first kappa shape index (κ1) is 35.8. The molecule has 7 nitrogen and oxygen atoms in total. The second kappa shape index (κ2) is 15.4. The van der Waals surface area contributed by atoms with Gasteiger partial charge in [-0.1, -0.05) is 44.4 Å². The number of fused-ring (bicyclic) bond motifs is 4. The van der Waals surface area contributed by atoms with E-state index in [-0.39, 0.29) is 40.7 Å². The average Bonchev–Trinajstić information content (AvgIpc) is 3.16. The van der Waals surface area contributed by atoms with Gasteiger partial charge in [-0.2, -0.15) is 12.8 Å². The predicted molar refractivity (Wildman–Crippen MR) is 182 cm³/mol. The average molecular weight is 704 g/mol. The fourth-order valence-corrected chi connectivity index (χ4v) is 8.71. The number of anilines is 1. The molecule has 1 aliphatic heterocycles. The Morgan fingerprint density at radius 2 is 1.98 bits per heavy atom. The first-order chi connectivity index (χ1) is 21.9. The molecule has 3 aromatic rings. The van der Waals surface area contributed by atoms with E-state index >= 15 is 0 Å². The summed E-state index contributed by atoms with van der Waals surface area (Å²) in [5.41, 5.74) is 6.49. The topological polar surface area (TPSA) is 104 Å². The molecule has 2 aromatic carbocycles. The third-order valence-electron chi connectivity index (χ3n) is 10.8. The summed E-state index contributed by atoms with van der Waals surface area (Å²) >= 11 is 6.28. The molecule has 1 aromatic heterocycles. The standard InChI is InChI=1S/C38H46ClN2O4.Fe.H2O/c1-24(23-44-34-11-15-40-33-8-3-5-25(2)37(33)34)17-27-18-26-19-36-35(43-16-12-31(22-42)45-36)21-32(26)38(27)13-9-29(10-14-38)41-30-7-4-6-28(39)20-30;;/h4,6-7,11,15,19-21,24-25,27,31,41-42H,3,5,8-10,12-14,16-18,22-23H2,1-2H3;;1H2/q-1;;/t24-,25-,27+,31+;;/m1../s1. The minimum Gasteiger partial charge on any atom is -0.532 e. The fraction of sp³-hybridized carbons (Fsp3) is 0.526. The number of aliphatic hydroxyl groups is 1. The number of nitrogens with zero attached hydrogens (tertiary/aromatic N) is 1. The molecule has 3 aliphatic carbocycles. The van der Waals surface area contributed by atoms with Gasteiger partial charge in [-0.25, -0.2) is 6.04 Å². The molecule has 0 unspecified atom stereocenters. The number of nitrogens with one attached hydrogen (secondary N) is 1. The molecule has 2 heterocycles. The molecule has 0 bridgehead atoms. The van der Waals surface area contributed by atoms with Gasteiger partial charge in [0.05, 0.1) is 19.8 Å². The Hall–Kier alpha value is -2.48. The van der Waals surface area contributed by atoms with E-state index in [1.165, 1.54) is 41.3 Å². The van der Waals surface area contributed by atoms with Gasteiger partial charge < -0.3 is 30.1 Å². The zero-order chi connectivity index (χ0) is 31.0. The van der Waals surface area contributed by atoms with Gasteiger partial charge in [0.15, 0.2) is 11.5 Å². The van der Waals surface area contributed by atoms with Crippen LogP contribution < -0.4 is 19.5 Å². The van der Waals surface area contributed by atoms with Gasteiger partial charge in [0.1, 0.15) is 11.9 Å². The van der Waals surface area contributed by atoms with Crippen molar-refractivity contribution in [1.29, 1.82) is 0 Å². The first-order valence-electron chi connectivity index (χ1n) is 17.0. The van der Waals surface area contributed by atoms with Crippen LogP contribution in [0.5, 0.6) is 17.2 Å². The van der Waals surface area contributed by atoms with Gasteiger partial charge in [0.2, 0.25) is 0 Å². The number of halogens is 1. The molecule has 7 rings (SSSR count). The van der Waals surface area contributed by atoms with E-state index in [4.69, 9.17) is 25.8 Å². The summed E-state index contributed by atoms with van der Waals surface area (Å²) in [7, 11) is 0. The number of ether oxygens (including phenoxy) is 3. The molecule has 4 aliphatic rings. The van der Waals surface area contributed by atoms with Crippen molar-refractivity contribution in [3.05, 3.63) is 82.1 Å². The molecule has 47 heavy (non-hydrogen) atoms. The Morgan fingerprint density at radius 1 is 1.15 bits per heavy atom. The summed E-state index contributed by atoms with van der Waals surface area (Å²) in [6.45, 7) is 5.92. The van der Waals surface area contributed by atoms with E-state index in [1.54, 1.807) is 0 Å². The van der Waals surface area contributed by atoms with Gasteiger partial charge in [-0.3, -0.25) is 4.98 Å². The van der Waals surface area contributed by atoms with Gasteiger partial charge in [0.25, 0.3) is 0 Å². The quantitative estimate of drug-likeness (QED) is 0.185. The third-order valence-corrected chi connectivity index (χ3v) is 11.1. The van der Waals surface area contributed by atoms with Crippen LogP contribution in [0.25, 0.3) is 0 Å². The van der Waals surface area contributed by atoms with E-state index in [2.05, 4.69) is 48.4 Å². The van der Waals surface area contributed by atoms with Crippen molar-refractivity contribution >= 4 is 17.3 Å². The number of aliphatic hydroxyl groups excluding tert-OH is 1. The molecule has 4 N–H and O–H groups in total. The van der Waals surface area contributed by atoms with E-state index in [0.29, 0.717) is 37.4 Å². The molecule has 1 fully saturated rings. The Kier molecular flexibility index (Phi) is 11.7. The van der Waals surface area contributed by atoms with Crippen molar-refractivity contribution in [2.75, 3.05) is 25.1 Å². The number of hydrogen-bond donors (Lipinski definition) is 2. The summed E-state index contributed by atoms with van der Waals surface area (Å²) in [5, 5.41) is 14.3. The number of benzene rings is 2. The van der Waals surface area contributed by atoms with Crippen LogP contribution in [-0.4, -0.2) is 41.5 Å². The maximum Gasteiger partial charge on any atom is 0.162 e. The van der Waals surface area contributed by atoms with Crippen LogP contribution in [0.3, 0.4) is 0 Å². The van der Waals surface area contributed by atoms with Crippen molar-refractivity contribution in [2.45, 2.75) is 95.5 Å². The molecule has 256 valence electrons. The van der Waals surface area contributed by atoms with Gasteiger partial charge in [0, 0.05) is 51.7 Å². The van der Waals surface area contributed by atoms with E-state index < -0.39 is 0 Å². The molecule has 0 saturated heterocycles. The van der Waals surface area contributed by atoms with Crippen LogP contribution in [0, 0.1) is 17.9 Å². The van der Waals surface area contributed by atoms with Crippen molar-refractivity contribution in [3.8, 4) is 17.2 Å². The SMILES string of the molecule is C[C@@H](COc1ccnc2c1[C@H](C)CCC2)C[C@H]1Cc2cc3c(cc2C12CC[C-](Nc1cccc(Cl)c1)CC2)OCC[C@@H](CO)O3.O.[Fe]. The zero-order valence-corrected chi connectivity index (χ0v) is 29.3. The summed E-state index contributed by atoms with van der Waals surface area (Å²) in [5.74, 6) is 4.04. The molecule has 1 saturated carbocycles. The summed E-state index contributed by atoms with van der Waals surface area (Å²) < 4.78 is 19.0. The Morgan fingerprint density at radius 3 is 2.77 bits per heavy atom. The van der Waals surface area contributed by atoms with Crippen molar-refractivity contribution in [1.82, 2.24) is 4.98 Å². The van der Waals surface area contributed by atoms with Crippen LogP contribution in [0.1, 0.15) is 93.5 Å². The second-order valence-corrected chi connectivity index (χ2v) is 14.4. The van der Waals surface area contributed by atoms with E-state index in [9.17, 15) is 5.11 Å². The van der Waals surface area contributed by atoms with E-state index in [0.717, 1.165) is 72.9 Å². The number of hydrogen-bond acceptors (Lipinski definition) is 6. The van der Waals surface area contributed by atoms with Crippen LogP contribution in [0.4, 0.5) is 5.69 Å². The number of aryl methyl sites for hydroxylation is 1. The van der Waals surface area contributed by atoms with Gasteiger partial charge in [-0.05, 0) is 103 Å². The van der Waals surface area contributed by atoms with Gasteiger partial charge in [-0.15, -0.1) is 0 Å². The Balaban J connectivity index is 0.00000217. The normalized spacial score (nSPS) is 23.4. The maximum absolute atomic E-state index is 9.82. The second-order valence-electron chi connectivity index (χ2n) is 13.9. The molecule has 1 spiro atoms. The summed E-state index contributed by atoms with van der Waals surface area (Å²) in [4.78, 5) is 4.68. The van der Waals surface area contributed by atoms with Crippen LogP contribution in [0.2, 0.25) is 5.02 Å². The minimum absolute atomic E-state index is 0. The number of rotatable bonds is 8. The smallest absolute Gasteiger partial charge is 0.162 e. The molecule has 0 amide bonds. The first-order valence-corrected chi connectivity index (χ1v) is 17.3. The molecule has 9 heteroatoms. The minimum atomic E-state index is -0.223. The maximum atomic E-state index is 9.82. The molecular weight excluding hydrogens is 656 g/mol. The van der Waals surface area contributed by atoms with Crippen LogP contribution in [0.15, 0.2) is 48.7 Å². The summed E-state index contributed by atoms with van der Waals surface area (Å²) in [6.07, 6.45) is 12.2. The Bertz CT molecular complexity index is 1510. The van der Waals surface area contributed by atoms with Gasteiger partial charge >= 0.3 is 0 Å². The van der Waals surface area contributed by atoms with Crippen molar-refractivity contribution in [2.24, 2.45) is 11.8 Å². The summed E-state index contributed by atoms with van der Waals surface area (Å²) in [6, 6.07) is 16.0. The molecular formula is C38H48ClFeN2O5-. The molecule has 0 radical (unpaired) electrons.